The van der Waals surface area contributed by atoms with Gasteiger partial charge < -0.3 is 9.32 Å². The summed E-state index contributed by atoms with van der Waals surface area (Å²) < 4.78 is 42.1. The van der Waals surface area contributed by atoms with Gasteiger partial charge in [0.1, 0.15) is 6.54 Å². The Morgan fingerprint density at radius 3 is 2.44 bits per heavy atom. The minimum absolute atomic E-state index is 0.0580. The van der Waals surface area contributed by atoms with Crippen LogP contribution in [0.4, 0.5) is 13.2 Å². The number of carbonyl (C=O) groups is 1. The van der Waals surface area contributed by atoms with Crippen LogP contribution in [0, 0.1) is 13.8 Å². The van der Waals surface area contributed by atoms with E-state index < -0.39 is 18.6 Å². The molecule has 0 bridgehead atoms. The molecule has 102 valence electrons. The van der Waals surface area contributed by atoms with Gasteiger partial charge in [0.15, 0.2) is 5.89 Å². The van der Waals surface area contributed by atoms with Gasteiger partial charge in [-0.25, -0.2) is 4.98 Å². The third-order valence-corrected chi connectivity index (χ3v) is 2.46. The quantitative estimate of drug-likeness (QED) is 0.798. The molecule has 1 aromatic rings. The van der Waals surface area contributed by atoms with Crippen molar-refractivity contribution in [2.75, 3.05) is 18.4 Å². The molecular weight excluding hydrogens is 317 g/mol. The Labute approximate surface area is 110 Å². The number of hydrogen-bond donors (Lipinski definition) is 0. The van der Waals surface area contributed by atoms with Gasteiger partial charge in [-0.3, -0.25) is 4.79 Å². The first-order chi connectivity index (χ1) is 8.24. The molecule has 0 N–H and O–H groups in total. The minimum Gasteiger partial charge on any atom is -0.436 e. The highest BCUT2D eigenvalue weighted by atomic mass is 79.9. The lowest BCUT2D eigenvalue weighted by Gasteiger charge is -2.22. The van der Waals surface area contributed by atoms with Gasteiger partial charge in [0.25, 0.3) is 5.91 Å². The van der Waals surface area contributed by atoms with E-state index in [-0.39, 0.29) is 23.5 Å². The van der Waals surface area contributed by atoms with Crippen LogP contribution in [0.2, 0.25) is 0 Å². The number of alkyl halides is 4. The summed E-state index contributed by atoms with van der Waals surface area (Å²) in [4.78, 5) is 16.5. The van der Waals surface area contributed by atoms with E-state index in [4.69, 9.17) is 4.42 Å². The summed E-state index contributed by atoms with van der Waals surface area (Å²) in [6.07, 6.45) is -4.44. The molecule has 0 aromatic carbocycles. The van der Waals surface area contributed by atoms with Gasteiger partial charge in [-0.15, -0.1) is 0 Å². The number of carbonyl (C=O) groups excluding carboxylic acids is 1. The zero-order valence-corrected chi connectivity index (χ0v) is 11.4. The first-order valence-corrected chi connectivity index (χ1v) is 6.22. The Hall–Kier alpha value is -1.05. The molecule has 0 aliphatic rings. The van der Waals surface area contributed by atoms with Crippen molar-refractivity contribution < 1.29 is 22.4 Å². The summed E-state index contributed by atoms with van der Waals surface area (Å²) in [6.45, 7) is 1.68. The fourth-order valence-electron chi connectivity index (χ4n) is 1.44. The zero-order chi connectivity index (χ0) is 13.9. The van der Waals surface area contributed by atoms with E-state index in [1.807, 2.05) is 0 Å². The molecule has 1 amide bonds. The van der Waals surface area contributed by atoms with Crippen molar-refractivity contribution in [2.24, 2.45) is 0 Å². The molecule has 0 aliphatic heterocycles. The van der Waals surface area contributed by atoms with E-state index in [0.717, 1.165) is 0 Å². The van der Waals surface area contributed by atoms with Gasteiger partial charge >= 0.3 is 6.18 Å². The second kappa shape index (κ2) is 5.73. The zero-order valence-electron chi connectivity index (χ0n) is 9.84. The van der Waals surface area contributed by atoms with Crippen molar-refractivity contribution in [2.45, 2.75) is 20.0 Å². The van der Waals surface area contributed by atoms with Gasteiger partial charge in [0.05, 0.1) is 5.69 Å². The van der Waals surface area contributed by atoms with Crippen LogP contribution in [0.3, 0.4) is 0 Å². The van der Waals surface area contributed by atoms with E-state index in [2.05, 4.69) is 20.9 Å². The summed E-state index contributed by atoms with van der Waals surface area (Å²) in [6, 6.07) is 0. The van der Waals surface area contributed by atoms with Gasteiger partial charge in [-0.1, -0.05) is 15.9 Å². The van der Waals surface area contributed by atoms with Crippen LogP contribution in [0.15, 0.2) is 4.42 Å². The average molecular weight is 329 g/mol. The van der Waals surface area contributed by atoms with Crippen molar-refractivity contribution >= 4 is 21.8 Å². The smallest absolute Gasteiger partial charge is 0.406 e. The summed E-state index contributed by atoms with van der Waals surface area (Å²) in [5.74, 6) is -0.691. The monoisotopic (exact) mass is 328 g/mol. The molecule has 1 heterocycles. The maximum absolute atomic E-state index is 12.4. The van der Waals surface area contributed by atoms with E-state index in [0.29, 0.717) is 10.6 Å². The van der Waals surface area contributed by atoms with Crippen molar-refractivity contribution in [3.05, 3.63) is 17.3 Å². The number of rotatable bonds is 4. The number of nitrogens with zero attached hydrogens (tertiary/aromatic N) is 2. The maximum atomic E-state index is 12.4. The van der Waals surface area contributed by atoms with Crippen molar-refractivity contribution in [3.63, 3.8) is 0 Å². The fourth-order valence-corrected chi connectivity index (χ4v) is 1.87. The lowest BCUT2D eigenvalue weighted by Crippen LogP contribution is -2.40. The molecule has 0 fully saturated rings. The van der Waals surface area contributed by atoms with Gasteiger partial charge in [0, 0.05) is 18.8 Å². The number of aryl methyl sites for hydroxylation is 2. The second-order valence-electron chi connectivity index (χ2n) is 3.68. The van der Waals surface area contributed by atoms with E-state index in [1.165, 1.54) is 13.8 Å². The Balaban J connectivity index is 2.92. The van der Waals surface area contributed by atoms with Crippen molar-refractivity contribution in [3.8, 4) is 0 Å². The number of hydrogen-bond acceptors (Lipinski definition) is 3. The summed E-state index contributed by atoms with van der Waals surface area (Å²) in [7, 11) is 0. The summed E-state index contributed by atoms with van der Waals surface area (Å²) >= 11 is 3.01. The molecule has 0 atom stereocenters. The maximum Gasteiger partial charge on any atom is 0.406 e. The van der Waals surface area contributed by atoms with Crippen molar-refractivity contribution in [1.29, 1.82) is 0 Å². The van der Waals surface area contributed by atoms with Crippen LogP contribution in [0.1, 0.15) is 22.1 Å². The highest BCUT2D eigenvalue weighted by Gasteiger charge is 2.34. The molecule has 0 saturated carbocycles. The standard InChI is InChI=1S/C10H12BrF3N2O2/c1-6-8(18-7(2)15-6)9(17)16(4-3-11)5-10(12,13)14/h3-5H2,1-2H3. The average Bonchev–Trinajstić information content (AvgIpc) is 2.54. The topological polar surface area (TPSA) is 46.3 Å². The van der Waals surface area contributed by atoms with Crippen molar-refractivity contribution in [1.82, 2.24) is 9.88 Å². The molecule has 1 rings (SSSR count). The largest absolute Gasteiger partial charge is 0.436 e. The highest BCUT2D eigenvalue weighted by Crippen LogP contribution is 2.19. The SMILES string of the molecule is Cc1nc(C)c(C(=O)N(CCBr)CC(F)(F)F)o1. The minimum atomic E-state index is -4.44. The van der Waals surface area contributed by atoms with Crippen LogP contribution in [0.25, 0.3) is 0 Å². The second-order valence-corrected chi connectivity index (χ2v) is 4.47. The molecule has 0 saturated heterocycles. The first kappa shape index (κ1) is 15.0. The Morgan fingerprint density at radius 1 is 1.44 bits per heavy atom. The molecular formula is C10H12BrF3N2O2. The number of amides is 1. The summed E-state index contributed by atoms with van der Waals surface area (Å²) in [5, 5.41) is 0.251. The van der Waals surface area contributed by atoms with Crippen LogP contribution in [-0.4, -0.2) is 40.4 Å². The highest BCUT2D eigenvalue weighted by molar-refractivity contribution is 9.09. The lowest BCUT2D eigenvalue weighted by molar-refractivity contribution is -0.140. The molecule has 0 unspecified atom stereocenters. The number of halogens is 4. The molecule has 0 spiro atoms. The molecule has 8 heteroatoms. The molecule has 0 radical (unpaired) electrons. The van der Waals surface area contributed by atoms with Gasteiger partial charge in [-0.05, 0) is 6.92 Å². The van der Waals surface area contributed by atoms with E-state index >= 15 is 0 Å². The first-order valence-electron chi connectivity index (χ1n) is 5.10. The molecule has 4 nitrogen and oxygen atoms in total. The lowest BCUT2D eigenvalue weighted by atomic mass is 10.3. The van der Waals surface area contributed by atoms with Gasteiger partial charge in [0.2, 0.25) is 5.76 Å². The predicted molar refractivity (Wildman–Crippen MR) is 61.7 cm³/mol. The predicted octanol–water partition coefficient (Wildman–Crippen LogP) is 2.69. The van der Waals surface area contributed by atoms with Gasteiger partial charge in [-0.2, -0.15) is 13.2 Å². The molecule has 1 aromatic heterocycles. The molecule has 18 heavy (non-hydrogen) atoms. The van der Waals surface area contributed by atoms with E-state index in [1.54, 1.807) is 0 Å². The van der Waals surface area contributed by atoms with Crippen LogP contribution < -0.4 is 0 Å². The number of aromatic nitrogens is 1. The van der Waals surface area contributed by atoms with Crippen LogP contribution in [-0.2, 0) is 0 Å². The Morgan fingerprint density at radius 2 is 2.06 bits per heavy atom. The third-order valence-electron chi connectivity index (χ3n) is 2.11. The Bertz CT molecular complexity index is 431. The Kier molecular flexibility index (Phi) is 4.78. The van der Waals surface area contributed by atoms with Crippen LogP contribution in [0.5, 0.6) is 0 Å². The molecule has 0 aliphatic carbocycles. The van der Waals surface area contributed by atoms with Crippen LogP contribution >= 0.6 is 15.9 Å². The third kappa shape index (κ3) is 4.01. The normalized spacial score (nSPS) is 11.7. The number of oxazole rings is 1. The fraction of sp³-hybridized carbons (Fsp3) is 0.600. The van der Waals surface area contributed by atoms with E-state index in [9.17, 15) is 18.0 Å². The summed E-state index contributed by atoms with van der Waals surface area (Å²) in [5.41, 5.74) is 0.291.